The summed E-state index contributed by atoms with van der Waals surface area (Å²) in [5, 5.41) is 11.4. The molecule has 0 aliphatic rings. The van der Waals surface area contributed by atoms with Crippen molar-refractivity contribution in [2.75, 3.05) is 26.9 Å². The minimum absolute atomic E-state index is 0. The number of halogens is 1. The number of nitrogens with zero attached hydrogens (tertiary/aromatic N) is 3. The van der Waals surface area contributed by atoms with Crippen LogP contribution >= 0.6 is 24.0 Å². The minimum Gasteiger partial charge on any atom is -0.493 e. The van der Waals surface area contributed by atoms with Gasteiger partial charge in [0.05, 0.1) is 32.0 Å². The number of aryl methyl sites for hydroxylation is 2. The van der Waals surface area contributed by atoms with Crippen molar-refractivity contribution in [1.29, 1.82) is 0 Å². The van der Waals surface area contributed by atoms with Crippen LogP contribution in [0.5, 0.6) is 5.75 Å². The summed E-state index contributed by atoms with van der Waals surface area (Å²) < 4.78 is 13.1. The van der Waals surface area contributed by atoms with E-state index in [1.807, 2.05) is 11.6 Å². The molecule has 1 aromatic heterocycles. The van der Waals surface area contributed by atoms with Crippen molar-refractivity contribution in [2.24, 2.45) is 4.99 Å². The molecule has 1 heterocycles. The van der Waals surface area contributed by atoms with Gasteiger partial charge in [-0.1, -0.05) is 19.1 Å². The second-order valence-electron chi connectivity index (χ2n) is 7.37. The van der Waals surface area contributed by atoms with Crippen LogP contribution in [0.15, 0.2) is 23.2 Å². The van der Waals surface area contributed by atoms with Crippen molar-refractivity contribution in [2.45, 2.75) is 60.7 Å². The van der Waals surface area contributed by atoms with E-state index in [1.54, 1.807) is 7.11 Å². The molecule has 0 aliphatic carbocycles. The summed E-state index contributed by atoms with van der Waals surface area (Å²) in [5.74, 6) is 1.70. The van der Waals surface area contributed by atoms with Gasteiger partial charge in [0.1, 0.15) is 5.75 Å². The summed E-state index contributed by atoms with van der Waals surface area (Å²) in [6.45, 7) is 14.5. The Morgan fingerprint density at radius 2 is 1.90 bits per heavy atom. The first-order chi connectivity index (χ1) is 14.5. The van der Waals surface area contributed by atoms with Crippen molar-refractivity contribution in [1.82, 2.24) is 20.4 Å². The van der Waals surface area contributed by atoms with Crippen LogP contribution in [0.2, 0.25) is 0 Å². The average Bonchev–Trinajstić information content (AvgIpc) is 3.00. The molecule has 174 valence electrons. The Labute approximate surface area is 204 Å². The van der Waals surface area contributed by atoms with Crippen LogP contribution in [0.1, 0.15) is 48.3 Å². The molecule has 0 saturated heterocycles. The third-order valence-corrected chi connectivity index (χ3v) is 4.91. The molecule has 0 atom stereocenters. The molecule has 0 radical (unpaired) electrons. The first-order valence-electron chi connectivity index (χ1n) is 10.8. The number of guanidine groups is 1. The standard InChI is InChI=1S/C23H37N5O2.HI/c1-7-12-30-22-14-17(3)9-10-20(22)15-25-23(24-8-2)26-16-21-18(4)27-28(19(21)5)11-13-29-6;/h9-10,14H,7-8,11-13,15-16H2,1-6H3,(H2,24,25,26);1H. The van der Waals surface area contributed by atoms with Gasteiger partial charge in [-0.15, -0.1) is 24.0 Å². The number of methoxy groups -OCH3 is 1. The molecule has 0 aliphatic heterocycles. The number of ether oxygens (including phenoxy) is 2. The fourth-order valence-electron chi connectivity index (χ4n) is 3.20. The van der Waals surface area contributed by atoms with Gasteiger partial charge in [0.15, 0.2) is 5.96 Å². The van der Waals surface area contributed by atoms with E-state index in [2.05, 4.69) is 61.6 Å². The second-order valence-corrected chi connectivity index (χ2v) is 7.37. The van der Waals surface area contributed by atoms with Gasteiger partial charge >= 0.3 is 0 Å². The smallest absolute Gasteiger partial charge is 0.191 e. The molecule has 8 heteroatoms. The number of hydrogen-bond donors (Lipinski definition) is 2. The number of aliphatic imine (C=N–C) groups is 1. The van der Waals surface area contributed by atoms with Gasteiger partial charge in [-0.3, -0.25) is 4.68 Å². The van der Waals surface area contributed by atoms with Crippen LogP contribution in [0, 0.1) is 20.8 Å². The Balaban J connectivity index is 0.00000480. The molecule has 2 aromatic rings. The van der Waals surface area contributed by atoms with E-state index in [9.17, 15) is 0 Å². The monoisotopic (exact) mass is 543 g/mol. The van der Waals surface area contributed by atoms with Crippen LogP contribution in [0.4, 0.5) is 0 Å². The molecule has 7 nitrogen and oxygen atoms in total. The maximum atomic E-state index is 5.92. The molecule has 0 unspecified atom stereocenters. The molecule has 0 fully saturated rings. The molecule has 0 spiro atoms. The normalized spacial score (nSPS) is 11.2. The van der Waals surface area contributed by atoms with E-state index in [-0.39, 0.29) is 24.0 Å². The van der Waals surface area contributed by atoms with E-state index in [0.29, 0.717) is 26.3 Å². The van der Waals surface area contributed by atoms with Gasteiger partial charge in [-0.25, -0.2) is 4.99 Å². The molecule has 31 heavy (non-hydrogen) atoms. The fourth-order valence-corrected chi connectivity index (χ4v) is 3.20. The first kappa shape index (κ1) is 27.2. The summed E-state index contributed by atoms with van der Waals surface area (Å²) >= 11 is 0. The highest BCUT2D eigenvalue weighted by Crippen LogP contribution is 2.21. The van der Waals surface area contributed by atoms with Gasteiger partial charge < -0.3 is 20.1 Å². The van der Waals surface area contributed by atoms with Crippen LogP contribution in [0.3, 0.4) is 0 Å². The van der Waals surface area contributed by atoms with Crippen molar-refractivity contribution >= 4 is 29.9 Å². The van der Waals surface area contributed by atoms with E-state index in [1.165, 1.54) is 11.1 Å². The van der Waals surface area contributed by atoms with Crippen LogP contribution in [-0.4, -0.2) is 42.6 Å². The summed E-state index contributed by atoms with van der Waals surface area (Å²) in [6, 6.07) is 6.29. The van der Waals surface area contributed by atoms with Gasteiger partial charge in [-0.2, -0.15) is 5.10 Å². The third-order valence-electron chi connectivity index (χ3n) is 4.91. The number of nitrogens with one attached hydrogen (secondary N) is 2. The van der Waals surface area contributed by atoms with Crippen LogP contribution in [-0.2, 0) is 24.4 Å². The zero-order valence-electron chi connectivity index (χ0n) is 19.7. The lowest BCUT2D eigenvalue weighted by molar-refractivity contribution is 0.182. The van der Waals surface area contributed by atoms with Crippen molar-refractivity contribution in [3.8, 4) is 5.75 Å². The van der Waals surface area contributed by atoms with Gasteiger partial charge in [0, 0.05) is 37.0 Å². The number of rotatable bonds is 11. The molecule has 0 bridgehead atoms. The highest BCUT2D eigenvalue weighted by Gasteiger charge is 2.12. The van der Waals surface area contributed by atoms with Crippen LogP contribution < -0.4 is 15.4 Å². The Morgan fingerprint density at radius 3 is 2.58 bits per heavy atom. The van der Waals surface area contributed by atoms with Crippen molar-refractivity contribution < 1.29 is 9.47 Å². The summed E-state index contributed by atoms with van der Waals surface area (Å²) in [6.07, 6.45) is 0.984. The second kappa shape index (κ2) is 14.3. The Morgan fingerprint density at radius 1 is 1.13 bits per heavy atom. The average molecular weight is 543 g/mol. The minimum atomic E-state index is 0. The lowest BCUT2D eigenvalue weighted by Gasteiger charge is -2.14. The maximum Gasteiger partial charge on any atom is 0.191 e. The van der Waals surface area contributed by atoms with Crippen LogP contribution in [0.25, 0.3) is 0 Å². The molecular weight excluding hydrogens is 505 g/mol. The quantitative estimate of drug-likeness (QED) is 0.254. The van der Waals surface area contributed by atoms with Crippen molar-refractivity contribution in [3.05, 3.63) is 46.3 Å². The lowest BCUT2D eigenvalue weighted by atomic mass is 10.1. The summed E-state index contributed by atoms with van der Waals surface area (Å²) in [5.41, 5.74) is 5.66. The number of hydrogen-bond acceptors (Lipinski definition) is 4. The number of aromatic nitrogens is 2. The van der Waals surface area contributed by atoms with Gasteiger partial charge in [-0.05, 0) is 45.7 Å². The SMILES string of the molecule is CCCOc1cc(C)ccc1CN=C(NCC)NCc1c(C)nn(CCOC)c1C.I. The Kier molecular flexibility index (Phi) is 12.5. The summed E-state index contributed by atoms with van der Waals surface area (Å²) in [7, 11) is 1.71. The predicted molar refractivity (Wildman–Crippen MR) is 138 cm³/mol. The lowest BCUT2D eigenvalue weighted by Crippen LogP contribution is -2.37. The highest BCUT2D eigenvalue weighted by molar-refractivity contribution is 14.0. The summed E-state index contributed by atoms with van der Waals surface area (Å²) in [4.78, 5) is 4.78. The molecule has 0 saturated carbocycles. The third kappa shape index (κ3) is 8.33. The predicted octanol–water partition coefficient (Wildman–Crippen LogP) is 4.12. The van der Waals surface area contributed by atoms with Crippen molar-refractivity contribution in [3.63, 3.8) is 0 Å². The molecule has 2 rings (SSSR count). The molecular formula is C23H38IN5O2. The van der Waals surface area contributed by atoms with Gasteiger partial charge in [0.25, 0.3) is 0 Å². The molecule has 1 aromatic carbocycles. The zero-order valence-corrected chi connectivity index (χ0v) is 22.1. The largest absolute Gasteiger partial charge is 0.493 e. The Hall–Kier alpha value is -1.81. The zero-order chi connectivity index (χ0) is 21.9. The van der Waals surface area contributed by atoms with E-state index >= 15 is 0 Å². The molecule has 2 N–H and O–H groups in total. The highest BCUT2D eigenvalue weighted by atomic mass is 127. The van der Waals surface area contributed by atoms with E-state index in [4.69, 9.17) is 14.5 Å². The van der Waals surface area contributed by atoms with E-state index < -0.39 is 0 Å². The fraction of sp³-hybridized carbons (Fsp3) is 0.565. The number of benzene rings is 1. The Bertz CT molecular complexity index is 836. The maximum absolute atomic E-state index is 5.92. The van der Waals surface area contributed by atoms with Gasteiger partial charge in [0.2, 0.25) is 0 Å². The van der Waals surface area contributed by atoms with E-state index in [0.717, 1.165) is 48.2 Å². The first-order valence-corrected chi connectivity index (χ1v) is 10.8. The molecule has 0 amide bonds. The topological polar surface area (TPSA) is 72.7 Å².